The van der Waals surface area contributed by atoms with Gasteiger partial charge in [0, 0.05) is 32.4 Å². The van der Waals surface area contributed by atoms with Crippen molar-refractivity contribution in [2.45, 2.75) is 6.04 Å². The molecule has 0 spiro atoms. The molecule has 0 saturated carbocycles. The summed E-state index contributed by atoms with van der Waals surface area (Å²) in [5, 5.41) is 1.79. The van der Waals surface area contributed by atoms with E-state index in [0.717, 1.165) is 13.1 Å². The molecule has 0 bridgehead atoms. The first-order valence-electron chi connectivity index (χ1n) is 9.30. The third-order valence-electron chi connectivity index (χ3n) is 5.20. The van der Waals surface area contributed by atoms with Crippen LogP contribution in [0.2, 0.25) is 0 Å². The first-order chi connectivity index (χ1) is 13.7. The van der Waals surface area contributed by atoms with Gasteiger partial charge in [0.15, 0.2) is 5.78 Å². The molecule has 0 radical (unpaired) electrons. The lowest BCUT2D eigenvalue weighted by Crippen LogP contribution is -2.43. The number of thiophene rings is 1. The molecule has 2 aliphatic heterocycles. The van der Waals surface area contributed by atoms with Crippen LogP contribution in [0.1, 0.15) is 21.4 Å². The van der Waals surface area contributed by atoms with Crippen LogP contribution in [0.5, 0.6) is 0 Å². The summed E-state index contributed by atoms with van der Waals surface area (Å²) in [4.78, 5) is 47.2. The van der Waals surface area contributed by atoms with Crippen molar-refractivity contribution in [3.05, 3.63) is 52.5 Å². The first kappa shape index (κ1) is 18.9. The monoisotopic (exact) mass is 399 g/mol. The van der Waals surface area contributed by atoms with Crippen LogP contribution in [0.4, 0.5) is 0 Å². The molecule has 1 amide bonds. The van der Waals surface area contributed by atoms with Crippen molar-refractivity contribution in [3.63, 3.8) is 0 Å². The Kier molecular flexibility index (Phi) is 5.61. The lowest BCUT2D eigenvalue weighted by molar-refractivity contribution is -0.141. The molecule has 0 aliphatic carbocycles. The molecule has 2 aromatic heterocycles. The zero-order chi connectivity index (χ0) is 19.5. The molecule has 2 atom stereocenters. The molecule has 7 nitrogen and oxygen atoms in total. The fraction of sp³-hybridized carbons (Fsp3) is 0.400. The van der Waals surface area contributed by atoms with E-state index in [9.17, 15) is 14.4 Å². The molecule has 2 saturated heterocycles. The van der Waals surface area contributed by atoms with E-state index in [1.165, 1.54) is 16.2 Å². The summed E-state index contributed by atoms with van der Waals surface area (Å²) in [6.45, 7) is 3.92. The molecule has 0 N–H and O–H groups in total. The van der Waals surface area contributed by atoms with Gasteiger partial charge in [0.2, 0.25) is 5.78 Å². The third kappa shape index (κ3) is 3.63. The third-order valence-corrected chi connectivity index (χ3v) is 6.09. The van der Waals surface area contributed by atoms with Crippen molar-refractivity contribution in [1.82, 2.24) is 14.8 Å². The Bertz CT molecular complexity index is 850. The molecule has 2 fully saturated rings. The molecular formula is C20H21N3O4S. The van der Waals surface area contributed by atoms with E-state index < -0.39 is 23.7 Å². The number of hydrogen-bond donors (Lipinski definition) is 0. The zero-order valence-electron chi connectivity index (χ0n) is 15.3. The van der Waals surface area contributed by atoms with Gasteiger partial charge in [-0.2, -0.15) is 0 Å². The number of amides is 1. The SMILES string of the molecule is O=C1C(=O)N(CCN2CCOCC2)C(c2ccccn2)C1C(=O)c1cccs1. The standard InChI is InChI=1S/C20H21N3O4S/c24-18(15-5-3-13-28-15)16-17(14-4-1-2-6-21-14)23(20(26)19(16)25)8-7-22-9-11-27-12-10-22/h1-6,13,16-17H,7-12H2. The van der Waals surface area contributed by atoms with Crippen LogP contribution in [0, 0.1) is 5.92 Å². The highest BCUT2D eigenvalue weighted by atomic mass is 32.1. The van der Waals surface area contributed by atoms with Crippen LogP contribution < -0.4 is 0 Å². The van der Waals surface area contributed by atoms with E-state index in [4.69, 9.17) is 4.74 Å². The molecule has 2 unspecified atom stereocenters. The highest BCUT2D eigenvalue weighted by Crippen LogP contribution is 2.37. The summed E-state index contributed by atoms with van der Waals surface area (Å²) >= 11 is 1.28. The lowest BCUT2D eigenvalue weighted by atomic mass is 9.91. The van der Waals surface area contributed by atoms with Crippen molar-refractivity contribution in [2.75, 3.05) is 39.4 Å². The fourth-order valence-electron chi connectivity index (χ4n) is 3.75. The minimum Gasteiger partial charge on any atom is -0.379 e. The smallest absolute Gasteiger partial charge is 0.291 e. The predicted octanol–water partition coefficient (Wildman–Crippen LogP) is 1.43. The number of rotatable bonds is 6. The summed E-state index contributed by atoms with van der Waals surface area (Å²) in [7, 11) is 0. The normalized spacial score (nSPS) is 23.4. The number of carbonyl (C=O) groups excluding carboxylic acids is 3. The van der Waals surface area contributed by atoms with Crippen molar-refractivity contribution in [3.8, 4) is 0 Å². The average Bonchev–Trinajstić information content (AvgIpc) is 3.36. The van der Waals surface area contributed by atoms with Gasteiger partial charge in [0.1, 0.15) is 5.92 Å². The topological polar surface area (TPSA) is 79.8 Å². The average molecular weight is 399 g/mol. The number of ketones is 2. The van der Waals surface area contributed by atoms with E-state index in [1.807, 2.05) is 6.07 Å². The van der Waals surface area contributed by atoms with Crippen molar-refractivity contribution in [1.29, 1.82) is 0 Å². The van der Waals surface area contributed by atoms with E-state index in [1.54, 1.807) is 35.8 Å². The summed E-state index contributed by atoms with van der Waals surface area (Å²) in [5.41, 5.74) is 0.568. The van der Waals surface area contributed by atoms with Crippen LogP contribution in [-0.2, 0) is 14.3 Å². The van der Waals surface area contributed by atoms with Gasteiger partial charge in [-0.25, -0.2) is 0 Å². The minimum absolute atomic E-state index is 0.308. The molecular weight excluding hydrogens is 378 g/mol. The van der Waals surface area contributed by atoms with Crippen LogP contribution in [0.3, 0.4) is 0 Å². The Morgan fingerprint density at radius 2 is 1.96 bits per heavy atom. The molecule has 4 heterocycles. The summed E-state index contributed by atoms with van der Waals surface area (Å²) in [6, 6.07) is 8.14. The van der Waals surface area contributed by atoms with Crippen molar-refractivity contribution < 1.29 is 19.1 Å². The molecule has 146 valence electrons. The number of aromatic nitrogens is 1. The van der Waals surface area contributed by atoms with Crippen LogP contribution in [0.15, 0.2) is 41.9 Å². The molecule has 2 aliphatic rings. The Morgan fingerprint density at radius 1 is 1.14 bits per heavy atom. The maximum atomic E-state index is 13.1. The van der Waals surface area contributed by atoms with Gasteiger partial charge in [-0.05, 0) is 23.6 Å². The van der Waals surface area contributed by atoms with Crippen LogP contribution in [-0.4, -0.2) is 71.7 Å². The minimum atomic E-state index is -1.05. The summed E-state index contributed by atoms with van der Waals surface area (Å²) in [5.74, 6) is -2.60. The largest absolute Gasteiger partial charge is 0.379 e. The number of morpholine rings is 1. The Morgan fingerprint density at radius 3 is 2.64 bits per heavy atom. The summed E-state index contributed by atoms with van der Waals surface area (Å²) in [6.07, 6.45) is 1.62. The van der Waals surface area contributed by atoms with E-state index in [0.29, 0.717) is 36.9 Å². The maximum Gasteiger partial charge on any atom is 0.291 e. The van der Waals surface area contributed by atoms with Gasteiger partial charge in [-0.1, -0.05) is 12.1 Å². The first-order valence-corrected chi connectivity index (χ1v) is 10.2. The number of pyridine rings is 1. The quantitative estimate of drug-likeness (QED) is 0.415. The number of hydrogen-bond acceptors (Lipinski definition) is 7. The summed E-state index contributed by atoms with van der Waals surface area (Å²) < 4.78 is 5.36. The maximum absolute atomic E-state index is 13.1. The van der Waals surface area contributed by atoms with Crippen LogP contribution in [0.25, 0.3) is 0 Å². The van der Waals surface area contributed by atoms with Gasteiger partial charge in [-0.3, -0.25) is 24.3 Å². The number of carbonyl (C=O) groups is 3. The Hall–Kier alpha value is -2.42. The lowest BCUT2D eigenvalue weighted by Gasteiger charge is -2.31. The number of ether oxygens (including phenoxy) is 1. The van der Waals surface area contributed by atoms with E-state index in [2.05, 4.69) is 9.88 Å². The zero-order valence-corrected chi connectivity index (χ0v) is 16.1. The highest BCUT2D eigenvalue weighted by Gasteiger charge is 2.52. The fourth-order valence-corrected chi connectivity index (χ4v) is 4.46. The van der Waals surface area contributed by atoms with E-state index in [-0.39, 0.29) is 5.78 Å². The molecule has 4 rings (SSSR count). The molecule has 28 heavy (non-hydrogen) atoms. The van der Waals surface area contributed by atoms with E-state index >= 15 is 0 Å². The highest BCUT2D eigenvalue weighted by molar-refractivity contribution is 7.12. The molecule has 8 heteroatoms. The van der Waals surface area contributed by atoms with Gasteiger partial charge < -0.3 is 9.64 Å². The van der Waals surface area contributed by atoms with Gasteiger partial charge in [0.25, 0.3) is 5.91 Å². The number of Topliss-reactive ketones (excluding diaryl/α,β-unsaturated/α-hetero) is 2. The Labute approximate surface area is 166 Å². The Balaban J connectivity index is 1.63. The van der Waals surface area contributed by atoms with Gasteiger partial charge in [0.05, 0.1) is 29.8 Å². The number of nitrogens with zero attached hydrogens (tertiary/aromatic N) is 3. The molecule has 2 aromatic rings. The second-order valence-corrected chi connectivity index (χ2v) is 7.78. The van der Waals surface area contributed by atoms with Gasteiger partial charge in [-0.15, -0.1) is 11.3 Å². The second-order valence-electron chi connectivity index (χ2n) is 6.84. The van der Waals surface area contributed by atoms with Gasteiger partial charge >= 0.3 is 0 Å². The van der Waals surface area contributed by atoms with Crippen molar-refractivity contribution in [2.24, 2.45) is 5.92 Å². The second kappa shape index (κ2) is 8.30. The number of likely N-dealkylation sites (tertiary alicyclic amines) is 1. The molecule has 0 aromatic carbocycles. The predicted molar refractivity (Wildman–Crippen MR) is 103 cm³/mol. The van der Waals surface area contributed by atoms with Crippen LogP contribution >= 0.6 is 11.3 Å². The van der Waals surface area contributed by atoms with Crippen molar-refractivity contribution >= 4 is 28.8 Å².